The highest BCUT2D eigenvalue weighted by molar-refractivity contribution is 9.10. The number of hydrazone groups is 1. The van der Waals surface area contributed by atoms with Crippen LogP contribution in [0.2, 0.25) is 0 Å². The van der Waals surface area contributed by atoms with Gasteiger partial charge >= 0.3 is 0 Å². The quantitative estimate of drug-likeness (QED) is 0.505. The third-order valence-corrected chi connectivity index (χ3v) is 5.54. The summed E-state index contributed by atoms with van der Waals surface area (Å²) in [6.45, 7) is 2.80. The third-order valence-electron chi connectivity index (χ3n) is 4.51. The van der Waals surface area contributed by atoms with E-state index < -0.39 is 0 Å². The van der Waals surface area contributed by atoms with Crippen LogP contribution in [0.3, 0.4) is 0 Å². The number of carbonyl (C=O) groups excluding carboxylic acids is 1. The summed E-state index contributed by atoms with van der Waals surface area (Å²) in [5.41, 5.74) is 4.93. The van der Waals surface area contributed by atoms with E-state index in [-0.39, 0.29) is 11.8 Å². The Hall–Kier alpha value is -1.50. The second-order valence-electron chi connectivity index (χ2n) is 6.47. The molecule has 0 aliphatic carbocycles. The van der Waals surface area contributed by atoms with Crippen LogP contribution in [0.1, 0.15) is 24.0 Å². The summed E-state index contributed by atoms with van der Waals surface area (Å²) >= 11 is 6.88. The zero-order valence-electron chi connectivity index (χ0n) is 14.4. The van der Waals surface area contributed by atoms with Gasteiger partial charge in [-0.25, -0.2) is 5.43 Å². The molecule has 0 bridgehead atoms. The van der Waals surface area contributed by atoms with E-state index in [0.29, 0.717) is 0 Å². The maximum Gasteiger partial charge on any atom is 0.243 e. The van der Waals surface area contributed by atoms with E-state index in [0.717, 1.165) is 47.0 Å². The number of piperidine rings is 1. The predicted molar refractivity (Wildman–Crippen MR) is 112 cm³/mol. The maximum absolute atomic E-state index is 12.3. The summed E-state index contributed by atoms with van der Waals surface area (Å²) in [6.07, 6.45) is 3.41. The Kier molecular flexibility index (Phi) is 7.00. The van der Waals surface area contributed by atoms with Crippen molar-refractivity contribution >= 4 is 44.0 Å². The van der Waals surface area contributed by atoms with Gasteiger partial charge in [0.25, 0.3) is 0 Å². The lowest BCUT2D eigenvalue weighted by atomic mass is 9.96. The molecular formula is C20H21Br2N3O. The molecule has 0 atom stereocenters. The van der Waals surface area contributed by atoms with Crippen LogP contribution >= 0.6 is 31.9 Å². The molecule has 1 amide bonds. The molecule has 6 heteroatoms. The fourth-order valence-corrected chi connectivity index (χ4v) is 3.73. The summed E-state index contributed by atoms with van der Waals surface area (Å²) < 4.78 is 2.09. The molecule has 26 heavy (non-hydrogen) atoms. The number of likely N-dealkylation sites (tertiary alicyclic amines) is 1. The molecule has 0 spiro atoms. The first-order valence-electron chi connectivity index (χ1n) is 8.65. The lowest BCUT2D eigenvalue weighted by molar-refractivity contribution is -0.126. The van der Waals surface area contributed by atoms with Crippen LogP contribution in [-0.4, -0.2) is 30.1 Å². The van der Waals surface area contributed by atoms with Crippen molar-refractivity contribution in [2.45, 2.75) is 19.4 Å². The van der Waals surface area contributed by atoms with Gasteiger partial charge in [0.15, 0.2) is 0 Å². The Morgan fingerprint density at radius 3 is 2.54 bits per heavy atom. The van der Waals surface area contributed by atoms with Crippen LogP contribution in [0.25, 0.3) is 0 Å². The zero-order chi connectivity index (χ0) is 18.4. The Bertz CT molecular complexity index is 769. The Morgan fingerprint density at radius 2 is 1.85 bits per heavy atom. The number of carbonyl (C=O) groups is 1. The van der Waals surface area contributed by atoms with Crippen molar-refractivity contribution in [1.82, 2.24) is 10.3 Å². The summed E-state index contributed by atoms with van der Waals surface area (Å²) in [6, 6.07) is 16.2. The van der Waals surface area contributed by atoms with E-state index in [2.05, 4.69) is 71.6 Å². The number of hydrogen-bond acceptors (Lipinski definition) is 3. The van der Waals surface area contributed by atoms with Crippen molar-refractivity contribution in [2.75, 3.05) is 13.1 Å². The molecule has 2 aromatic carbocycles. The van der Waals surface area contributed by atoms with E-state index >= 15 is 0 Å². The SMILES string of the molecule is O=C(N/N=C\c1cccc(Br)c1)C1CCN(Cc2ccc(Br)cc2)CC1. The number of amides is 1. The fraction of sp³-hybridized carbons (Fsp3) is 0.300. The highest BCUT2D eigenvalue weighted by Gasteiger charge is 2.24. The molecule has 0 unspecified atom stereocenters. The van der Waals surface area contributed by atoms with Gasteiger partial charge in [0, 0.05) is 21.4 Å². The van der Waals surface area contributed by atoms with Crippen LogP contribution in [0.4, 0.5) is 0 Å². The van der Waals surface area contributed by atoms with Gasteiger partial charge in [-0.1, -0.05) is 56.1 Å². The molecule has 1 fully saturated rings. The van der Waals surface area contributed by atoms with Gasteiger partial charge in [0.2, 0.25) is 5.91 Å². The molecule has 1 saturated heterocycles. The third kappa shape index (κ3) is 5.76. The lowest BCUT2D eigenvalue weighted by Gasteiger charge is -2.30. The van der Waals surface area contributed by atoms with E-state index in [4.69, 9.17) is 0 Å². The van der Waals surface area contributed by atoms with Gasteiger partial charge in [-0.3, -0.25) is 9.69 Å². The van der Waals surface area contributed by atoms with Crippen molar-refractivity contribution in [2.24, 2.45) is 11.0 Å². The van der Waals surface area contributed by atoms with E-state index in [1.54, 1.807) is 6.21 Å². The molecule has 136 valence electrons. The van der Waals surface area contributed by atoms with Crippen LogP contribution < -0.4 is 5.43 Å². The van der Waals surface area contributed by atoms with Gasteiger partial charge in [-0.2, -0.15) is 5.10 Å². The minimum Gasteiger partial charge on any atom is -0.299 e. The molecule has 1 N–H and O–H groups in total. The number of halogens is 2. The molecule has 3 rings (SSSR count). The minimum absolute atomic E-state index is 0.0135. The average molecular weight is 479 g/mol. The zero-order valence-corrected chi connectivity index (χ0v) is 17.5. The van der Waals surface area contributed by atoms with Crippen LogP contribution in [-0.2, 0) is 11.3 Å². The molecule has 1 aliphatic rings. The largest absolute Gasteiger partial charge is 0.299 e. The second kappa shape index (κ2) is 9.44. The fourth-order valence-electron chi connectivity index (χ4n) is 3.05. The molecule has 1 aliphatic heterocycles. The van der Waals surface area contributed by atoms with Gasteiger partial charge in [-0.05, 0) is 61.3 Å². The molecule has 1 heterocycles. The smallest absolute Gasteiger partial charge is 0.243 e. The van der Waals surface area contributed by atoms with Crippen LogP contribution in [0, 0.1) is 5.92 Å². The van der Waals surface area contributed by atoms with Crippen molar-refractivity contribution in [1.29, 1.82) is 0 Å². The molecule has 0 radical (unpaired) electrons. The van der Waals surface area contributed by atoms with Gasteiger partial charge in [0.1, 0.15) is 0 Å². The van der Waals surface area contributed by atoms with Crippen molar-refractivity contribution in [3.8, 4) is 0 Å². The molecule has 0 saturated carbocycles. The summed E-state index contributed by atoms with van der Waals surface area (Å²) in [5.74, 6) is 0.0513. The first kappa shape index (κ1) is 19.3. The van der Waals surface area contributed by atoms with Gasteiger partial charge < -0.3 is 0 Å². The topological polar surface area (TPSA) is 44.7 Å². The Morgan fingerprint density at radius 1 is 1.12 bits per heavy atom. The Labute approximate surface area is 170 Å². The summed E-state index contributed by atoms with van der Waals surface area (Å²) in [5, 5.41) is 4.09. The number of nitrogens with one attached hydrogen (secondary N) is 1. The van der Waals surface area contributed by atoms with Gasteiger partial charge in [-0.15, -0.1) is 0 Å². The minimum atomic E-state index is 0.0135. The predicted octanol–water partition coefficient (Wildman–Crippen LogP) is 4.57. The number of hydrogen-bond donors (Lipinski definition) is 1. The molecule has 2 aromatic rings. The van der Waals surface area contributed by atoms with Crippen LogP contribution in [0.15, 0.2) is 62.6 Å². The molecule has 0 aromatic heterocycles. The van der Waals surface area contributed by atoms with E-state index in [1.165, 1.54) is 5.56 Å². The maximum atomic E-state index is 12.3. The van der Waals surface area contributed by atoms with E-state index in [9.17, 15) is 4.79 Å². The molecular weight excluding hydrogens is 458 g/mol. The normalized spacial score (nSPS) is 16.1. The second-order valence-corrected chi connectivity index (χ2v) is 8.30. The van der Waals surface area contributed by atoms with E-state index in [1.807, 2.05) is 24.3 Å². The Balaban J connectivity index is 1.43. The van der Waals surface area contributed by atoms with Crippen LogP contribution in [0.5, 0.6) is 0 Å². The number of nitrogens with zero attached hydrogens (tertiary/aromatic N) is 2. The standard InChI is InChI=1S/C20H21Br2N3O/c21-18-6-4-15(5-7-18)14-25-10-8-17(9-11-25)20(26)24-23-13-16-2-1-3-19(22)12-16/h1-7,12-13,17H,8-11,14H2,(H,24,26)/b23-13-. The summed E-state index contributed by atoms with van der Waals surface area (Å²) in [4.78, 5) is 14.7. The summed E-state index contributed by atoms with van der Waals surface area (Å²) in [7, 11) is 0. The average Bonchev–Trinajstić information content (AvgIpc) is 2.64. The first-order chi connectivity index (χ1) is 12.6. The monoisotopic (exact) mass is 477 g/mol. The highest BCUT2D eigenvalue weighted by atomic mass is 79.9. The number of rotatable bonds is 5. The first-order valence-corrected chi connectivity index (χ1v) is 10.2. The molecule has 4 nitrogen and oxygen atoms in total. The van der Waals surface area contributed by atoms with Crippen molar-refractivity contribution in [3.05, 3.63) is 68.6 Å². The van der Waals surface area contributed by atoms with Crippen molar-refractivity contribution in [3.63, 3.8) is 0 Å². The van der Waals surface area contributed by atoms with Crippen molar-refractivity contribution < 1.29 is 4.79 Å². The lowest BCUT2D eigenvalue weighted by Crippen LogP contribution is -2.39. The van der Waals surface area contributed by atoms with Gasteiger partial charge in [0.05, 0.1) is 6.21 Å². The highest BCUT2D eigenvalue weighted by Crippen LogP contribution is 2.20. The number of benzene rings is 2.